The van der Waals surface area contributed by atoms with Crippen LogP contribution in [0.15, 0.2) is 41.1 Å². The first kappa shape index (κ1) is 14.0. The van der Waals surface area contributed by atoms with Crippen molar-refractivity contribution >= 4 is 33.5 Å². The van der Waals surface area contributed by atoms with Crippen LogP contribution in [0, 0.1) is 0 Å². The van der Waals surface area contributed by atoms with Crippen LogP contribution in [-0.2, 0) is 0 Å². The van der Waals surface area contributed by atoms with Crippen LogP contribution < -0.4 is 5.32 Å². The highest BCUT2D eigenvalue weighted by Crippen LogP contribution is 2.20. The molecule has 2 aromatic rings. The van der Waals surface area contributed by atoms with Gasteiger partial charge in [-0.05, 0) is 24.3 Å². The lowest BCUT2D eigenvalue weighted by atomic mass is 10.2. The number of nitrogens with one attached hydrogen (secondary N) is 1. The van der Waals surface area contributed by atoms with Gasteiger partial charge in [0.15, 0.2) is 0 Å². The van der Waals surface area contributed by atoms with E-state index >= 15 is 0 Å². The van der Waals surface area contributed by atoms with Crippen LogP contribution in [0.4, 0.5) is 5.69 Å². The number of nitrogens with zero attached hydrogens (tertiary/aromatic N) is 1. The minimum atomic E-state index is -1.10. The Labute approximate surface area is 122 Å². The quantitative estimate of drug-likeness (QED) is 0.799. The molecule has 0 spiro atoms. The van der Waals surface area contributed by atoms with E-state index in [0.717, 1.165) is 0 Å². The predicted octanol–water partition coefficient (Wildman–Crippen LogP) is 2.50. The molecule has 0 aliphatic carbocycles. The number of anilines is 1. The standard InChI is InChI=1S/C13H9BrN2O4/c14-9-1-7(13(19)20)2-10(4-9)16-12(18)8-3-11(17)6-15-5-8/h1-6,17H,(H,16,18)(H,19,20). The molecule has 0 aliphatic heterocycles. The van der Waals surface area contributed by atoms with Gasteiger partial charge >= 0.3 is 5.97 Å². The maximum Gasteiger partial charge on any atom is 0.335 e. The first-order valence-corrected chi connectivity index (χ1v) is 6.24. The first-order chi connectivity index (χ1) is 9.45. The van der Waals surface area contributed by atoms with E-state index < -0.39 is 11.9 Å². The number of pyridine rings is 1. The highest BCUT2D eigenvalue weighted by molar-refractivity contribution is 9.10. The van der Waals surface area contributed by atoms with E-state index in [1.165, 1.54) is 30.6 Å². The number of carboxylic acid groups (broad SMARTS) is 1. The highest BCUT2D eigenvalue weighted by Gasteiger charge is 2.10. The van der Waals surface area contributed by atoms with Crippen LogP contribution in [-0.4, -0.2) is 27.1 Å². The molecule has 1 aromatic heterocycles. The van der Waals surface area contributed by atoms with Crippen LogP contribution in [0.25, 0.3) is 0 Å². The molecule has 0 bridgehead atoms. The molecule has 0 aliphatic rings. The molecule has 6 nitrogen and oxygen atoms in total. The average Bonchev–Trinajstić information content (AvgIpc) is 2.37. The van der Waals surface area contributed by atoms with Crippen molar-refractivity contribution in [3.05, 3.63) is 52.3 Å². The molecule has 1 aromatic carbocycles. The van der Waals surface area contributed by atoms with E-state index in [-0.39, 0.29) is 16.9 Å². The smallest absolute Gasteiger partial charge is 0.335 e. The van der Waals surface area contributed by atoms with Crippen LogP contribution in [0.3, 0.4) is 0 Å². The number of rotatable bonds is 3. The summed E-state index contributed by atoms with van der Waals surface area (Å²) in [6, 6.07) is 5.59. The Bertz CT molecular complexity index is 688. The summed E-state index contributed by atoms with van der Waals surface area (Å²) in [6.07, 6.45) is 2.50. The Hall–Kier alpha value is -2.41. The summed E-state index contributed by atoms with van der Waals surface area (Å²) in [5.41, 5.74) is 0.538. The molecule has 1 amide bonds. The van der Waals surface area contributed by atoms with Crippen molar-refractivity contribution in [2.24, 2.45) is 0 Å². The van der Waals surface area contributed by atoms with E-state index in [2.05, 4.69) is 26.2 Å². The minimum Gasteiger partial charge on any atom is -0.506 e. The van der Waals surface area contributed by atoms with Crippen LogP contribution in [0.2, 0.25) is 0 Å². The second kappa shape index (κ2) is 5.70. The van der Waals surface area contributed by atoms with Gasteiger partial charge < -0.3 is 15.5 Å². The summed E-state index contributed by atoms with van der Waals surface area (Å²) in [7, 11) is 0. The van der Waals surface area contributed by atoms with Gasteiger partial charge in [0.2, 0.25) is 0 Å². The van der Waals surface area contributed by atoms with Gasteiger partial charge in [-0.1, -0.05) is 15.9 Å². The Balaban J connectivity index is 2.26. The minimum absolute atomic E-state index is 0.0451. The Kier molecular flexibility index (Phi) is 3.99. The van der Waals surface area contributed by atoms with Gasteiger partial charge in [0.05, 0.1) is 17.3 Å². The fourth-order valence-electron chi connectivity index (χ4n) is 1.54. The molecule has 0 saturated carbocycles. The second-order valence-electron chi connectivity index (χ2n) is 3.92. The highest BCUT2D eigenvalue weighted by atomic mass is 79.9. The van der Waals surface area contributed by atoms with E-state index in [9.17, 15) is 14.7 Å². The van der Waals surface area contributed by atoms with Crippen molar-refractivity contribution in [3.8, 4) is 5.75 Å². The van der Waals surface area contributed by atoms with Crippen molar-refractivity contribution < 1.29 is 19.8 Å². The van der Waals surface area contributed by atoms with Gasteiger partial charge in [0.1, 0.15) is 5.75 Å². The van der Waals surface area contributed by atoms with E-state index in [0.29, 0.717) is 10.2 Å². The van der Waals surface area contributed by atoms with Crippen LogP contribution in [0.1, 0.15) is 20.7 Å². The molecular weight excluding hydrogens is 328 g/mol. The van der Waals surface area contributed by atoms with Crippen molar-refractivity contribution in [1.29, 1.82) is 0 Å². The van der Waals surface area contributed by atoms with Crippen molar-refractivity contribution in [1.82, 2.24) is 4.98 Å². The van der Waals surface area contributed by atoms with E-state index in [4.69, 9.17) is 5.11 Å². The third kappa shape index (κ3) is 3.33. The Morgan fingerprint density at radius 2 is 1.85 bits per heavy atom. The molecule has 3 N–H and O–H groups in total. The van der Waals surface area contributed by atoms with Crippen LogP contribution >= 0.6 is 15.9 Å². The number of hydrogen-bond donors (Lipinski definition) is 3. The van der Waals surface area contributed by atoms with Gasteiger partial charge in [0, 0.05) is 16.4 Å². The van der Waals surface area contributed by atoms with Crippen molar-refractivity contribution in [3.63, 3.8) is 0 Å². The zero-order chi connectivity index (χ0) is 14.7. The molecule has 7 heteroatoms. The molecule has 0 atom stereocenters. The summed E-state index contributed by atoms with van der Waals surface area (Å²) >= 11 is 3.17. The number of carbonyl (C=O) groups excluding carboxylic acids is 1. The predicted molar refractivity (Wildman–Crippen MR) is 75.0 cm³/mol. The molecule has 20 heavy (non-hydrogen) atoms. The number of aromatic hydroxyl groups is 1. The number of carbonyl (C=O) groups is 2. The number of halogens is 1. The fraction of sp³-hybridized carbons (Fsp3) is 0. The molecular formula is C13H9BrN2O4. The molecule has 0 unspecified atom stereocenters. The molecule has 0 fully saturated rings. The first-order valence-electron chi connectivity index (χ1n) is 5.45. The third-order valence-electron chi connectivity index (χ3n) is 2.39. The van der Waals surface area contributed by atoms with Gasteiger partial charge in [-0.25, -0.2) is 4.79 Å². The molecule has 0 radical (unpaired) electrons. The monoisotopic (exact) mass is 336 g/mol. The normalized spacial score (nSPS) is 10.1. The number of carboxylic acids is 1. The van der Waals surface area contributed by atoms with Gasteiger partial charge in [0.25, 0.3) is 5.91 Å². The number of aromatic nitrogens is 1. The SMILES string of the molecule is O=C(O)c1cc(Br)cc(NC(=O)c2cncc(O)c2)c1. The zero-order valence-corrected chi connectivity index (χ0v) is 11.6. The van der Waals surface area contributed by atoms with Gasteiger partial charge in [-0.2, -0.15) is 0 Å². The lowest BCUT2D eigenvalue weighted by Gasteiger charge is -2.07. The molecule has 1 heterocycles. The Morgan fingerprint density at radius 1 is 1.10 bits per heavy atom. The second-order valence-corrected chi connectivity index (χ2v) is 4.84. The van der Waals surface area contributed by atoms with Gasteiger partial charge in [-0.3, -0.25) is 9.78 Å². The summed E-state index contributed by atoms with van der Waals surface area (Å²) < 4.78 is 0.529. The third-order valence-corrected chi connectivity index (χ3v) is 2.85. The van der Waals surface area contributed by atoms with Crippen LogP contribution in [0.5, 0.6) is 5.75 Å². The summed E-state index contributed by atoms with van der Waals surface area (Å²) in [4.78, 5) is 26.6. The summed E-state index contributed by atoms with van der Waals surface area (Å²) in [6.45, 7) is 0. The molecule has 0 saturated heterocycles. The maximum absolute atomic E-state index is 11.9. The van der Waals surface area contributed by atoms with E-state index in [1.54, 1.807) is 6.07 Å². The fourth-order valence-corrected chi connectivity index (χ4v) is 2.03. The van der Waals surface area contributed by atoms with E-state index in [1.807, 2.05) is 0 Å². The topological polar surface area (TPSA) is 99.5 Å². The summed E-state index contributed by atoms with van der Waals surface area (Å²) in [5.74, 6) is -1.72. The Morgan fingerprint density at radius 3 is 2.50 bits per heavy atom. The molecule has 2 rings (SSSR count). The lowest BCUT2D eigenvalue weighted by molar-refractivity contribution is 0.0696. The van der Waals surface area contributed by atoms with Gasteiger partial charge in [-0.15, -0.1) is 0 Å². The average molecular weight is 337 g/mol. The molecule has 102 valence electrons. The number of hydrogen-bond acceptors (Lipinski definition) is 4. The summed E-state index contributed by atoms with van der Waals surface area (Å²) in [5, 5.41) is 20.7. The zero-order valence-electron chi connectivity index (χ0n) is 10.0. The maximum atomic E-state index is 11.9. The largest absolute Gasteiger partial charge is 0.506 e. The van der Waals surface area contributed by atoms with Crippen molar-refractivity contribution in [2.45, 2.75) is 0 Å². The lowest BCUT2D eigenvalue weighted by Crippen LogP contribution is -2.12. The number of amides is 1. The number of benzene rings is 1. The number of aromatic carboxylic acids is 1. The van der Waals surface area contributed by atoms with Crippen molar-refractivity contribution in [2.75, 3.05) is 5.32 Å².